The Morgan fingerprint density at radius 3 is 2.57 bits per heavy atom. The van der Waals surface area contributed by atoms with Crippen LogP contribution in [-0.4, -0.2) is 55.4 Å². The molecule has 1 rings (SSSR count). The molecule has 0 saturated heterocycles. The lowest BCUT2D eigenvalue weighted by Crippen LogP contribution is -2.42. The van der Waals surface area contributed by atoms with Crippen LogP contribution in [0.25, 0.3) is 0 Å². The molecule has 8 heteroatoms. The minimum absolute atomic E-state index is 0. The maximum absolute atomic E-state index is 11.9. The normalized spacial score (nSPS) is 10.7. The van der Waals surface area contributed by atoms with Crippen LogP contribution in [-0.2, 0) is 16.0 Å². The zero-order valence-corrected chi connectivity index (χ0v) is 15.4. The molecular weight excluding hydrogens is 339 g/mol. The highest BCUT2D eigenvalue weighted by Crippen LogP contribution is 1.97. The number of halogens is 2. The molecule has 6 nitrogen and oxygen atoms in total. The van der Waals surface area contributed by atoms with Gasteiger partial charge in [-0.15, -0.1) is 24.8 Å². The first-order valence-corrected chi connectivity index (χ1v) is 7.10. The molecule has 0 aromatic carbocycles. The van der Waals surface area contributed by atoms with E-state index in [-0.39, 0.29) is 49.1 Å². The van der Waals surface area contributed by atoms with Gasteiger partial charge < -0.3 is 15.5 Å². The number of likely N-dealkylation sites (N-methyl/N-ethyl adjacent to an activating group) is 1. The van der Waals surface area contributed by atoms with Crippen LogP contribution in [0, 0.1) is 5.92 Å². The summed E-state index contributed by atoms with van der Waals surface area (Å²) in [4.78, 5) is 29.5. The molecule has 0 bridgehead atoms. The van der Waals surface area contributed by atoms with Crippen molar-refractivity contribution < 1.29 is 9.59 Å². The van der Waals surface area contributed by atoms with Crippen LogP contribution >= 0.6 is 24.8 Å². The average molecular weight is 365 g/mol. The van der Waals surface area contributed by atoms with Crippen molar-refractivity contribution in [1.82, 2.24) is 20.5 Å². The van der Waals surface area contributed by atoms with Crippen LogP contribution in [0.5, 0.6) is 0 Å². The van der Waals surface area contributed by atoms with E-state index in [1.165, 1.54) is 0 Å². The number of pyridine rings is 1. The summed E-state index contributed by atoms with van der Waals surface area (Å²) in [5.41, 5.74) is 0.948. The number of nitrogens with zero attached hydrogens (tertiary/aromatic N) is 2. The molecule has 132 valence electrons. The van der Waals surface area contributed by atoms with Gasteiger partial charge in [0.1, 0.15) is 0 Å². The van der Waals surface area contributed by atoms with E-state index in [4.69, 9.17) is 0 Å². The van der Waals surface area contributed by atoms with Crippen molar-refractivity contribution in [2.24, 2.45) is 5.92 Å². The lowest BCUT2D eigenvalue weighted by atomic mass is 10.1. The predicted octanol–water partition coefficient (Wildman–Crippen LogP) is 0.898. The van der Waals surface area contributed by atoms with E-state index in [1.54, 1.807) is 25.2 Å². The molecule has 0 aliphatic rings. The summed E-state index contributed by atoms with van der Waals surface area (Å²) in [6, 6.07) is 5.72. The van der Waals surface area contributed by atoms with Gasteiger partial charge >= 0.3 is 0 Å². The van der Waals surface area contributed by atoms with E-state index >= 15 is 0 Å². The summed E-state index contributed by atoms with van der Waals surface area (Å²) in [6.07, 6.45) is 2.44. The van der Waals surface area contributed by atoms with Crippen LogP contribution in [0.2, 0.25) is 0 Å². The molecule has 1 aromatic rings. The van der Waals surface area contributed by atoms with E-state index < -0.39 is 0 Å². The lowest BCUT2D eigenvalue weighted by Gasteiger charge is -2.18. The first-order chi connectivity index (χ1) is 10.0. The Hall–Kier alpha value is -1.37. The molecule has 0 spiro atoms. The molecule has 0 aliphatic carbocycles. The van der Waals surface area contributed by atoms with Crippen LogP contribution in [0.4, 0.5) is 0 Å². The van der Waals surface area contributed by atoms with E-state index in [0.717, 1.165) is 5.69 Å². The number of carbonyl (C=O) groups excluding carboxylic acids is 2. The van der Waals surface area contributed by atoms with Gasteiger partial charge in [0.05, 0.1) is 6.54 Å². The second-order valence-corrected chi connectivity index (χ2v) is 5.06. The zero-order valence-electron chi connectivity index (χ0n) is 13.7. The van der Waals surface area contributed by atoms with Gasteiger partial charge in [-0.2, -0.15) is 0 Å². The highest BCUT2D eigenvalue weighted by atomic mass is 35.5. The fourth-order valence-electron chi connectivity index (χ4n) is 1.82. The quantitative estimate of drug-likeness (QED) is 0.718. The molecule has 1 unspecified atom stereocenters. The highest BCUT2D eigenvalue weighted by molar-refractivity contribution is 5.86. The fourth-order valence-corrected chi connectivity index (χ4v) is 1.82. The maximum Gasteiger partial charge on any atom is 0.241 e. The minimum atomic E-state index is -0.151. The number of amides is 2. The molecule has 1 heterocycles. The van der Waals surface area contributed by atoms with Crippen LogP contribution in [0.3, 0.4) is 0 Å². The Morgan fingerprint density at radius 1 is 1.30 bits per heavy atom. The minimum Gasteiger partial charge on any atom is -0.347 e. The van der Waals surface area contributed by atoms with Crippen molar-refractivity contribution in [1.29, 1.82) is 0 Å². The average Bonchev–Trinajstić information content (AvgIpc) is 2.51. The fraction of sp³-hybridized carbons (Fsp3) is 0.533. The van der Waals surface area contributed by atoms with Crippen molar-refractivity contribution >= 4 is 36.6 Å². The number of carbonyl (C=O) groups is 2. The van der Waals surface area contributed by atoms with Gasteiger partial charge in [-0.25, -0.2) is 0 Å². The lowest BCUT2D eigenvalue weighted by molar-refractivity contribution is -0.132. The Bertz CT molecular complexity index is 460. The topological polar surface area (TPSA) is 74.3 Å². The molecule has 2 N–H and O–H groups in total. The monoisotopic (exact) mass is 364 g/mol. The van der Waals surface area contributed by atoms with Crippen molar-refractivity contribution in [3.63, 3.8) is 0 Å². The standard InChI is InChI=1S/C15H24N4O2.2ClH/c1-12(10-16-2)15(21)18-11-14(20)19(3)9-7-13-6-4-5-8-17-13;;/h4-6,8,12,16H,7,9-11H2,1-3H3,(H,18,21);2*1H. The Kier molecular flexibility index (Phi) is 13.6. The smallest absolute Gasteiger partial charge is 0.241 e. The van der Waals surface area contributed by atoms with Gasteiger partial charge in [-0.1, -0.05) is 13.0 Å². The van der Waals surface area contributed by atoms with Crippen LogP contribution in [0.1, 0.15) is 12.6 Å². The zero-order chi connectivity index (χ0) is 15.7. The van der Waals surface area contributed by atoms with Crippen LogP contribution in [0.15, 0.2) is 24.4 Å². The van der Waals surface area contributed by atoms with E-state index in [2.05, 4.69) is 15.6 Å². The second kappa shape index (κ2) is 13.1. The summed E-state index contributed by atoms with van der Waals surface area (Å²) in [7, 11) is 3.52. The SMILES string of the molecule is CNCC(C)C(=O)NCC(=O)N(C)CCc1ccccn1.Cl.Cl. The second-order valence-electron chi connectivity index (χ2n) is 5.06. The van der Waals surface area contributed by atoms with Crippen LogP contribution < -0.4 is 10.6 Å². The van der Waals surface area contributed by atoms with Crippen molar-refractivity contribution in [2.75, 3.05) is 33.7 Å². The highest BCUT2D eigenvalue weighted by Gasteiger charge is 2.14. The number of aromatic nitrogens is 1. The third kappa shape index (κ3) is 9.38. The van der Waals surface area contributed by atoms with E-state index in [0.29, 0.717) is 19.5 Å². The van der Waals surface area contributed by atoms with Gasteiger partial charge in [0.15, 0.2) is 0 Å². The van der Waals surface area contributed by atoms with Gasteiger partial charge in [0.2, 0.25) is 11.8 Å². The maximum atomic E-state index is 11.9. The summed E-state index contributed by atoms with van der Waals surface area (Å²) < 4.78 is 0. The molecule has 0 aliphatic heterocycles. The van der Waals surface area contributed by atoms with Gasteiger partial charge in [-0.3, -0.25) is 14.6 Å². The number of rotatable bonds is 8. The van der Waals surface area contributed by atoms with Crippen molar-refractivity contribution in [2.45, 2.75) is 13.3 Å². The summed E-state index contributed by atoms with van der Waals surface area (Å²) in [5.74, 6) is -0.367. The molecule has 1 atom stereocenters. The number of hydrogen-bond acceptors (Lipinski definition) is 4. The van der Waals surface area contributed by atoms with Gasteiger partial charge in [0.25, 0.3) is 0 Å². The summed E-state index contributed by atoms with van der Waals surface area (Å²) >= 11 is 0. The third-order valence-corrected chi connectivity index (χ3v) is 3.23. The molecule has 1 aromatic heterocycles. The predicted molar refractivity (Wildman–Crippen MR) is 96.2 cm³/mol. The van der Waals surface area contributed by atoms with Crippen molar-refractivity contribution in [3.05, 3.63) is 30.1 Å². The van der Waals surface area contributed by atoms with E-state index in [9.17, 15) is 9.59 Å². The molecule has 2 amide bonds. The Labute approximate surface area is 150 Å². The van der Waals surface area contributed by atoms with E-state index in [1.807, 2.05) is 25.1 Å². The molecular formula is C15H26Cl2N4O2. The molecule has 0 saturated carbocycles. The first kappa shape index (κ1) is 23.9. The first-order valence-electron chi connectivity index (χ1n) is 7.10. The molecule has 23 heavy (non-hydrogen) atoms. The largest absolute Gasteiger partial charge is 0.347 e. The van der Waals surface area contributed by atoms with Crippen molar-refractivity contribution in [3.8, 4) is 0 Å². The number of hydrogen-bond donors (Lipinski definition) is 2. The van der Waals surface area contributed by atoms with Gasteiger partial charge in [-0.05, 0) is 19.2 Å². The number of nitrogens with one attached hydrogen (secondary N) is 2. The summed E-state index contributed by atoms with van der Waals surface area (Å²) in [5, 5.41) is 5.59. The molecule has 0 radical (unpaired) electrons. The molecule has 0 fully saturated rings. The third-order valence-electron chi connectivity index (χ3n) is 3.23. The Morgan fingerprint density at radius 2 is 2.00 bits per heavy atom. The van der Waals surface area contributed by atoms with Gasteiger partial charge in [0, 0.05) is 44.4 Å². The Balaban J connectivity index is 0. The summed E-state index contributed by atoms with van der Waals surface area (Å²) in [6.45, 7) is 3.03.